The lowest BCUT2D eigenvalue weighted by Gasteiger charge is -1.93. The highest BCUT2D eigenvalue weighted by atomic mass is 79.9. The van der Waals surface area contributed by atoms with Gasteiger partial charge in [0.05, 0.1) is 12.1 Å². The highest BCUT2D eigenvalue weighted by molar-refractivity contribution is 9.10. The van der Waals surface area contributed by atoms with Crippen molar-refractivity contribution in [1.29, 1.82) is 0 Å². The maximum absolute atomic E-state index is 11.0. The standard InChI is InChI=1S/C10H9BrN2O/c1-7(14)6-8-10(11)13-5-3-2-4-9(13)12-8/h2-5H,6H2,1H3. The summed E-state index contributed by atoms with van der Waals surface area (Å²) in [6, 6.07) is 5.76. The summed E-state index contributed by atoms with van der Waals surface area (Å²) in [6.07, 6.45) is 2.29. The molecule has 14 heavy (non-hydrogen) atoms. The van der Waals surface area contributed by atoms with Gasteiger partial charge in [0.25, 0.3) is 0 Å². The SMILES string of the molecule is CC(=O)Cc1nc2ccccn2c1Br. The van der Waals surface area contributed by atoms with E-state index >= 15 is 0 Å². The molecule has 0 unspecified atom stereocenters. The molecule has 4 heteroatoms. The second-order valence-corrected chi connectivity index (χ2v) is 3.91. The third-order valence-electron chi connectivity index (χ3n) is 1.95. The van der Waals surface area contributed by atoms with E-state index in [1.165, 1.54) is 0 Å². The number of nitrogens with zero attached hydrogens (tertiary/aromatic N) is 2. The first kappa shape index (κ1) is 9.40. The number of hydrogen-bond donors (Lipinski definition) is 0. The van der Waals surface area contributed by atoms with Gasteiger partial charge < -0.3 is 0 Å². The third-order valence-corrected chi connectivity index (χ3v) is 2.79. The number of rotatable bonds is 2. The minimum absolute atomic E-state index is 0.120. The van der Waals surface area contributed by atoms with Crippen molar-refractivity contribution >= 4 is 27.4 Å². The van der Waals surface area contributed by atoms with Crippen molar-refractivity contribution in [3.63, 3.8) is 0 Å². The topological polar surface area (TPSA) is 34.4 Å². The molecule has 0 aliphatic heterocycles. The number of halogens is 1. The number of Topliss-reactive ketones (excluding diaryl/α,β-unsaturated/α-hetero) is 1. The van der Waals surface area contributed by atoms with Gasteiger partial charge in [-0.25, -0.2) is 4.98 Å². The molecule has 2 rings (SSSR count). The molecule has 0 fully saturated rings. The quantitative estimate of drug-likeness (QED) is 0.822. The summed E-state index contributed by atoms with van der Waals surface area (Å²) in [6.45, 7) is 1.57. The lowest BCUT2D eigenvalue weighted by molar-refractivity contribution is -0.116. The normalized spacial score (nSPS) is 10.7. The molecule has 0 aromatic carbocycles. The van der Waals surface area contributed by atoms with Crippen molar-refractivity contribution in [2.24, 2.45) is 0 Å². The summed E-state index contributed by atoms with van der Waals surface area (Å²) in [5.41, 5.74) is 1.65. The summed E-state index contributed by atoms with van der Waals surface area (Å²) >= 11 is 3.43. The summed E-state index contributed by atoms with van der Waals surface area (Å²) in [4.78, 5) is 15.3. The largest absolute Gasteiger partial charge is 0.300 e. The third kappa shape index (κ3) is 1.57. The maximum atomic E-state index is 11.0. The van der Waals surface area contributed by atoms with Crippen LogP contribution >= 0.6 is 15.9 Å². The van der Waals surface area contributed by atoms with Gasteiger partial charge >= 0.3 is 0 Å². The molecule has 0 aliphatic carbocycles. The number of pyridine rings is 1. The first-order valence-corrected chi connectivity index (χ1v) is 5.08. The lowest BCUT2D eigenvalue weighted by Crippen LogP contribution is -1.97. The molecule has 72 valence electrons. The number of fused-ring (bicyclic) bond motifs is 1. The highest BCUT2D eigenvalue weighted by Crippen LogP contribution is 2.19. The first-order chi connectivity index (χ1) is 6.68. The van der Waals surface area contributed by atoms with Gasteiger partial charge in [0, 0.05) is 6.20 Å². The predicted octanol–water partition coefficient (Wildman–Crippen LogP) is 2.23. The zero-order valence-corrected chi connectivity index (χ0v) is 9.28. The molecule has 0 N–H and O–H groups in total. The lowest BCUT2D eigenvalue weighted by atomic mass is 10.2. The van der Waals surface area contributed by atoms with Crippen molar-refractivity contribution in [2.45, 2.75) is 13.3 Å². The number of carbonyl (C=O) groups is 1. The van der Waals surface area contributed by atoms with Crippen LogP contribution in [0, 0.1) is 0 Å². The van der Waals surface area contributed by atoms with E-state index in [0.717, 1.165) is 15.9 Å². The Labute approximate surface area is 89.9 Å². The average molecular weight is 253 g/mol. The van der Waals surface area contributed by atoms with Gasteiger partial charge in [0.1, 0.15) is 16.0 Å². The molecule has 0 amide bonds. The number of hydrogen-bond acceptors (Lipinski definition) is 2. The molecule has 0 atom stereocenters. The molecule has 2 aromatic heterocycles. The van der Waals surface area contributed by atoms with Crippen molar-refractivity contribution in [3.05, 3.63) is 34.7 Å². The van der Waals surface area contributed by atoms with Crippen LogP contribution in [0.4, 0.5) is 0 Å². The minimum Gasteiger partial charge on any atom is -0.300 e. The van der Waals surface area contributed by atoms with Crippen LogP contribution in [0.3, 0.4) is 0 Å². The molecule has 0 saturated carbocycles. The van der Waals surface area contributed by atoms with Crippen LogP contribution in [0.5, 0.6) is 0 Å². The Kier molecular flexibility index (Phi) is 2.37. The summed E-state index contributed by atoms with van der Waals surface area (Å²) in [7, 11) is 0. The van der Waals surface area contributed by atoms with Crippen LogP contribution in [0.25, 0.3) is 5.65 Å². The second kappa shape index (κ2) is 3.53. The maximum Gasteiger partial charge on any atom is 0.137 e. The molecular formula is C10H9BrN2O. The van der Waals surface area contributed by atoms with Gasteiger partial charge in [0.15, 0.2) is 0 Å². The van der Waals surface area contributed by atoms with Gasteiger partial charge in [-0.15, -0.1) is 0 Å². The van der Waals surface area contributed by atoms with Crippen molar-refractivity contribution in [2.75, 3.05) is 0 Å². The van der Waals surface area contributed by atoms with Gasteiger partial charge in [0.2, 0.25) is 0 Å². The van der Waals surface area contributed by atoms with Crippen molar-refractivity contribution in [3.8, 4) is 0 Å². The van der Waals surface area contributed by atoms with Crippen LogP contribution in [-0.4, -0.2) is 15.2 Å². The molecule has 2 heterocycles. The highest BCUT2D eigenvalue weighted by Gasteiger charge is 2.10. The Morgan fingerprint density at radius 3 is 3.00 bits per heavy atom. The van der Waals surface area contributed by atoms with Gasteiger partial charge in [-0.05, 0) is 35.0 Å². The van der Waals surface area contributed by atoms with E-state index < -0.39 is 0 Å². The number of imidazole rings is 1. The summed E-state index contributed by atoms with van der Waals surface area (Å²) in [5.74, 6) is 0.120. The zero-order valence-electron chi connectivity index (χ0n) is 7.70. The Hall–Kier alpha value is -1.16. The van der Waals surface area contributed by atoms with E-state index in [9.17, 15) is 4.79 Å². The summed E-state index contributed by atoms with van der Waals surface area (Å²) in [5, 5.41) is 0. The summed E-state index contributed by atoms with van der Waals surface area (Å²) < 4.78 is 2.78. The van der Waals surface area contributed by atoms with Crippen LogP contribution in [-0.2, 0) is 11.2 Å². The van der Waals surface area contributed by atoms with E-state index in [-0.39, 0.29) is 5.78 Å². The monoisotopic (exact) mass is 252 g/mol. The first-order valence-electron chi connectivity index (χ1n) is 4.29. The van der Waals surface area contributed by atoms with Crippen LogP contribution in [0.2, 0.25) is 0 Å². The molecule has 3 nitrogen and oxygen atoms in total. The number of aromatic nitrogens is 2. The van der Waals surface area contributed by atoms with E-state index in [1.54, 1.807) is 6.92 Å². The Morgan fingerprint density at radius 2 is 2.36 bits per heavy atom. The Balaban J connectivity index is 2.57. The van der Waals surface area contributed by atoms with E-state index in [4.69, 9.17) is 0 Å². The fraction of sp³-hybridized carbons (Fsp3) is 0.200. The zero-order chi connectivity index (χ0) is 10.1. The Morgan fingerprint density at radius 1 is 1.57 bits per heavy atom. The van der Waals surface area contributed by atoms with E-state index in [1.807, 2.05) is 28.8 Å². The molecule has 2 aromatic rings. The second-order valence-electron chi connectivity index (χ2n) is 3.16. The van der Waals surface area contributed by atoms with Gasteiger partial charge in [-0.1, -0.05) is 6.07 Å². The molecule has 0 radical (unpaired) electrons. The fourth-order valence-electron chi connectivity index (χ4n) is 1.36. The smallest absolute Gasteiger partial charge is 0.137 e. The minimum atomic E-state index is 0.120. The molecule has 0 aliphatic rings. The fourth-order valence-corrected chi connectivity index (χ4v) is 1.89. The van der Waals surface area contributed by atoms with Crippen LogP contribution in [0.15, 0.2) is 29.0 Å². The molecule has 0 bridgehead atoms. The van der Waals surface area contributed by atoms with E-state index in [0.29, 0.717) is 6.42 Å². The molecule has 0 spiro atoms. The number of ketones is 1. The van der Waals surface area contributed by atoms with Crippen molar-refractivity contribution < 1.29 is 4.79 Å². The van der Waals surface area contributed by atoms with Crippen LogP contribution < -0.4 is 0 Å². The number of carbonyl (C=O) groups excluding carboxylic acids is 1. The Bertz CT molecular complexity index is 490. The average Bonchev–Trinajstić information content (AvgIpc) is 2.44. The molecule has 0 saturated heterocycles. The van der Waals surface area contributed by atoms with Gasteiger partial charge in [-0.3, -0.25) is 9.20 Å². The van der Waals surface area contributed by atoms with Crippen molar-refractivity contribution in [1.82, 2.24) is 9.38 Å². The predicted molar refractivity (Wildman–Crippen MR) is 57.3 cm³/mol. The van der Waals surface area contributed by atoms with E-state index in [2.05, 4.69) is 20.9 Å². The van der Waals surface area contributed by atoms with Gasteiger partial charge in [-0.2, -0.15) is 0 Å². The molecular weight excluding hydrogens is 244 g/mol. The van der Waals surface area contributed by atoms with Crippen LogP contribution in [0.1, 0.15) is 12.6 Å².